The summed E-state index contributed by atoms with van der Waals surface area (Å²) >= 11 is 0. The smallest absolute Gasteiger partial charge is 0.254 e. The minimum atomic E-state index is -0.197. The highest BCUT2D eigenvalue weighted by Crippen LogP contribution is 2.17. The quantitative estimate of drug-likeness (QED) is 0.884. The van der Waals surface area contributed by atoms with Crippen molar-refractivity contribution in [1.82, 2.24) is 15.3 Å². The summed E-state index contributed by atoms with van der Waals surface area (Å²) in [6.45, 7) is 4.65. The molecular formula is C16H17N5O. The van der Waals surface area contributed by atoms with Crippen molar-refractivity contribution in [1.29, 1.82) is 5.26 Å². The molecule has 0 fully saturated rings. The minimum absolute atomic E-state index is 0.197. The number of aromatic nitrogens is 2. The molecule has 0 saturated carbocycles. The van der Waals surface area contributed by atoms with Crippen molar-refractivity contribution >= 4 is 17.5 Å². The molecule has 0 bridgehead atoms. The molecule has 1 amide bonds. The summed E-state index contributed by atoms with van der Waals surface area (Å²) in [6, 6.07) is 9.16. The van der Waals surface area contributed by atoms with Crippen LogP contribution in [-0.4, -0.2) is 22.4 Å². The van der Waals surface area contributed by atoms with Gasteiger partial charge >= 0.3 is 0 Å². The van der Waals surface area contributed by atoms with Crippen LogP contribution in [0.25, 0.3) is 0 Å². The van der Waals surface area contributed by atoms with Crippen molar-refractivity contribution in [2.45, 2.75) is 13.8 Å². The first-order valence-electron chi connectivity index (χ1n) is 6.96. The average Bonchev–Trinajstić information content (AvgIpc) is 2.54. The van der Waals surface area contributed by atoms with Crippen molar-refractivity contribution in [3.63, 3.8) is 0 Å². The normalized spacial score (nSPS) is 10.1. The van der Waals surface area contributed by atoms with E-state index in [1.54, 1.807) is 18.2 Å². The molecule has 0 saturated heterocycles. The van der Waals surface area contributed by atoms with E-state index in [0.29, 0.717) is 35.2 Å². The maximum atomic E-state index is 11.9. The van der Waals surface area contributed by atoms with Gasteiger partial charge in [0.2, 0.25) is 5.95 Å². The van der Waals surface area contributed by atoms with Crippen LogP contribution in [0.4, 0.5) is 11.6 Å². The molecular weight excluding hydrogens is 278 g/mol. The predicted molar refractivity (Wildman–Crippen MR) is 83.6 cm³/mol. The van der Waals surface area contributed by atoms with E-state index in [-0.39, 0.29) is 5.91 Å². The Morgan fingerprint density at radius 2 is 1.95 bits per heavy atom. The van der Waals surface area contributed by atoms with E-state index in [1.165, 1.54) is 12.4 Å². The molecule has 0 radical (unpaired) electrons. The molecule has 2 N–H and O–H groups in total. The Kier molecular flexibility index (Phi) is 5.04. The number of nitriles is 1. The number of carbonyl (C=O) groups excluding carboxylic acids is 1. The maximum absolute atomic E-state index is 11.9. The lowest BCUT2D eigenvalue weighted by Gasteiger charge is -2.08. The van der Waals surface area contributed by atoms with Crippen molar-refractivity contribution in [3.8, 4) is 6.07 Å². The third-order valence-corrected chi connectivity index (χ3v) is 2.88. The van der Waals surface area contributed by atoms with Gasteiger partial charge in [-0.05, 0) is 18.1 Å². The minimum Gasteiger partial charge on any atom is -0.352 e. The van der Waals surface area contributed by atoms with Gasteiger partial charge in [-0.3, -0.25) is 4.79 Å². The summed E-state index contributed by atoms with van der Waals surface area (Å²) in [5.74, 6) is 0.522. The third-order valence-electron chi connectivity index (χ3n) is 2.88. The molecule has 2 rings (SSSR count). The van der Waals surface area contributed by atoms with Crippen LogP contribution in [0.2, 0.25) is 0 Å². The fourth-order valence-corrected chi connectivity index (χ4v) is 1.72. The molecule has 0 aliphatic heterocycles. The van der Waals surface area contributed by atoms with Crippen LogP contribution in [0, 0.1) is 17.2 Å². The van der Waals surface area contributed by atoms with Gasteiger partial charge in [-0.15, -0.1) is 0 Å². The predicted octanol–water partition coefficient (Wildman–Crippen LogP) is 2.48. The summed E-state index contributed by atoms with van der Waals surface area (Å²) in [5, 5.41) is 14.8. The van der Waals surface area contributed by atoms with E-state index in [1.807, 2.05) is 19.9 Å². The molecule has 6 nitrogen and oxygen atoms in total. The lowest BCUT2D eigenvalue weighted by molar-refractivity contribution is 0.0948. The van der Waals surface area contributed by atoms with Gasteiger partial charge in [-0.2, -0.15) is 5.26 Å². The lowest BCUT2D eigenvalue weighted by Crippen LogP contribution is -2.27. The van der Waals surface area contributed by atoms with Gasteiger partial charge < -0.3 is 10.6 Å². The zero-order chi connectivity index (χ0) is 15.9. The maximum Gasteiger partial charge on any atom is 0.254 e. The zero-order valence-electron chi connectivity index (χ0n) is 12.5. The number of nitrogens with one attached hydrogen (secondary N) is 2. The number of hydrogen-bond acceptors (Lipinski definition) is 5. The van der Waals surface area contributed by atoms with Gasteiger partial charge in [0.15, 0.2) is 0 Å². The second-order valence-electron chi connectivity index (χ2n) is 5.18. The van der Waals surface area contributed by atoms with Crippen LogP contribution in [-0.2, 0) is 0 Å². The number of benzene rings is 1. The topological polar surface area (TPSA) is 90.7 Å². The first kappa shape index (κ1) is 15.4. The molecule has 0 aliphatic carbocycles. The molecule has 0 atom stereocenters. The summed E-state index contributed by atoms with van der Waals surface area (Å²) in [5.41, 5.74) is 1.53. The second kappa shape index (κ2) is 7.18. The second-order valence-corrected chi connectivity index (χ2v) is 5.18. The van der Waals surface area contributed by atoms with Crippen LogP contribution >= 0.6 is 0 Å². The van der Waals surface area contributed by atoms with Gasteiger partial charge in [0.1, 0.15) is 6.07 Å². The largest absolute Gasteiger partial charge is 0.352 e. The SMILES string of the molecule is CC(C)CNC(=O)c1cnc(Nc2ccccc2C#N)nc1. The van der Waals surface area contributed by atoms with Crippen LogP contribution in [0.15, 0.2) is 36.7 Å². The Morgan fingerprint density at radius 1 is 1.27 bits per heavy atom. The highest BCUT2D eigenvalue weighted by Gasteiger charge is 2.08. The number of para-hydroxylation sites is 1. The van der Waals surface area contributed by atoms with Crippen LogP contribution in [0.3, 0.4) is 0 Å². The number of hydrogen-bond donors (Lipinski definition) is 2. The molecule has 1 aromatic carbocycles. The number of amides is 1. The Hall–Kier alpha value is -2.94. The van der Waals surface area contributed by atoms with Crippen LogP contribution in [0.5, 0.6) is 0 Å². The number of carbonyl (C=O) groups is 1. The van der Waals surface area contributed by atoms with E-state index >= 15 is 0 Å². The first-order chi connectivity index (χ1) is 10.6. The fraction of sp³-hybridized carbons (Fsp3) is 0.250. The first-order valence-corrected chi connectivity index (χ1v) is 6.96. The zero-order valence-corrected chi connectivity index (χ0v) is 12.5. The van der Waals surface area contributed by atoms with Gasteiger partial charge in [0.05, 0.1) is 16.8 Å². The lowest BCUT2D eigenvalue weighted by atomic mass is 10.2. The van der Waals surface area contributed by atoms with E-state index in [0.717, 1.165) is 0 Å². The van der Waals surface area contributed by atoms with Gasteiger partial charge in [0.25, 0.3) is 5.91 Å². The Bertz CT molecular complexity index is 688. The van der Waals surface area contributed by atoms with E-state index in [2.05, 4.69) is 26.7 Å². The summed E-state index contributed by atoms with van der Waals surface area (Å²) in [6.07, 6.45) is 2.92. The molecule has 6 heteroatoms. The molecule has 1 heterocycles. The van der Waals surface area contributed by atoms with Crippen LogP contribution < -0.4 is 10.6 Å². The summed E-state index contributed by atoms with van der Waals surface area (Å²) in [4.78, 5) is 20.1. The van der Waals surface area contributed by atoms with Crippen molar-refractivity contribution in [3.05, 3.63) is 47.8 Å². The number of nitrogens with zero attached hydrogens (tertiary/aromatic N) is 3. The monoisotopic (exact) mass is 295 g/mol. The highest BCUT2D eigenvalue weighted by atomic mass is 16.1. The van der Waals surface area contributed by atoms with Gasteiger partial charge in [-0.25, -0.2) is 9.97 Å². The molecule has 0 unspecified atom stereocenters. The van der Waals surface area contributed by atoms with Crippen molar-refractivity contribution in [2.75, 3.05) is 11.9 Å². The number of anilines is 2. The molecule has 0 aliphatic rings. The number of rotatable bonds is 5. The van der Waals surface area contributed by atoms with E-state index in [4.69, 9.17) is 5.26 Å². The molecule has 0 spiro atoms. The third kappa shape index (κ3) is 4.03. The molecule has 112 valence electrons. The van der Waals surface area contributed by atoms with E-state index in [9.17, 15) is 4.79 Å². The van der Waals surface area contributed by atoms with Gasteiger partial charge in [-0.1, -0.05) is 26.0 Å². The van der Waals surface area contributed by atoms with E-state index < -0.39 is 0 Å². The van der Waals surface area contributed by atoms with Crippen molar-refractivity contribution in [2.24, 2.45) is 5.92 Å². The summed E-state index contributed by atoms with van der Waals surface area (Å²) in [7, 11) is 0. The standard InChI is InChI=1S/C16H17N5O/c1-11(2)8-18-15(22)13-9-19-16(20-10-13)21-14-6-4-3-5-12(14)7-17/h3-6,9-11H,8H2,1-2H3,(H,18,22)(H,19,20,21). The van der Waals surface area contributed by atoms with Crippen LogP contribution in [0.1, 0.15) is 29.8 Å². The molecule has 1 aromatic heterocycles. The Morgan fingerprint density at radius 3 is 2.59 bits per heavy atom. The average molecular weight is 295 g/mol. The molecule has 22 heavy (non-hydrogen) atoms. The van der Waals surface area contributed by atoms with Crippen molar-refractivity contribution < 1.29 is 4.79 Å². The fourth-order valence-electron chi connectivity index (χ4n) is 1.72. The summed E-state index contributed by atoms with van der Waals surface area (Å²) < 4.78 is 0. The Labute approximate surface area is 129 Å². The van der Waals surface area contributed by atoms with Gasteiger partial charge in [0, 0.05) is 18.9 Å². The molecule has 2 aromatic rings. The highest BCUT2D eigenvalue weighted by molar-refractivity contribution is 5.93. The Balaban J connectivity index is 2.06.